The van der Waals surface area contributed by atoms with Gasteiger partial charge in [-0.25, -0.2) is 0 Å². The Kier molecular flexibility index (Phi) is 2.40. The predicted molar refractivity (Wildman–Crippen MR) is 61.7 cm³/mol. The van der Waals surface area contributed by atoms with Gasteiger partial charge in [-0.05, 0) is 12.8 Å². The van der Waals surface area contributed by atoms with Crippen molar-refractivity contribution >= 4 is 23.2 Å². The highest BCUT2D eigenvalue weighted by Crippen LogP contribution is 2.23. The summed E-state index contributed by atoms with van der Waals surface area (Å²) in [6.45, 7) is 0. The van der Waals surface area contributed by atoms with Crippen molar-refractivity contribution in [2.75, 3.05) is 5.32 Å². The van der Waals surface area contributed by atoms with Crippen LogP contribution in [-0.4, -0.2) is 25.6 Å². The summed E-state index contributed by atoms with van der Waals surface area (Å²) in [5.41, 5.74) is 0. The molecule has 1 saturated carbocycles. The van der Waals surface area contributed by atoms with Crippen molar-refractivity contribution in [1.29, 1.82) is 0 Å². The molecule has 3 rings (SSSR count). The molecule has 5 nitrogen and oxygen atoms in total. The van der Waals surface area contributed by atoms with Gasteiger partial charge in [0, 0.05) is 12.1 Å². The van der Waals surface area contributed by atoms with Gasteiger partial charge in [0.2, 0.25) is 0 Å². The number of aromatic nitrogens is 4. The standard InChI is InChI=1S/C10H12ClN5/c11-8-5-9(14-7-3-1-2-4-7)16-10(15-8)12-6-13-16/h5-7,14H,1-4H2. The molecular formula is C10H12ClN5. The highest BCUT2D eigenvalue weighted by Gasteiger charge is 2.16. The summed E-state index contributed by atoms with van der Waals surface area (Å²) < 4.78 is 1.68. The van der Waals surface area contributed by atoms with Crippen LogP contribution in [0.4, 0.5) is 5.82 Å². The van der Waals surface area contributed by atoms with Crippen molar-refractivity contribution in [2.24, 2.45) is 0 Å². The van der Waals surface area contributed by atoms with Crippen molar-refractivity contribution in [3.8, 4) is 0 Å². The van der Waals surface area contributed by atoms with Crippen LogP contribution >= 0.6 is 11.6 Å². The number of rotatable bonds is 2. The first-order chi connectivity index (χ1) is 7.83. The van der Waals surface area contributed by atoms with E-state index in [9.17, 15) is 0 Å². The second kappa shape index (κ2) is 3.90. The van der Waals surface area contributed by atoms with Crippen molar-refractivity contribution < 1.29 is 0 Å². The molecule has 6 heteroatoms. The summed E-state index contributed by atoms with van der Waals surface area (Å²) in [5.74, 6) is 1.41. The van der Waals surface area contributed by atoms with Gasteiger partial charge in [-0.2, -0.15) is 19.6 Å². The molecule has 1 aliphatic carbocycles. The van der Waals surface area contributed by atoms with Crippen molar-refractivity contribution in [1.82, 2.24) is 19.6 Å². The average Bonchev–Trinajstić information content (AvgIpc) is 2.87. The molecule has 1 N–H and O–H groups in total. The largest absolute Gasteiger partial charge is 0.367 e. The summed E-state index contributed by atoms with van der Waals surface area (Å²) in [6.07, 6.45) is 6.47. The third-order valence-electron chi connectivity index (χ3n) is 2.93. The molecule has 1 fully saturated rings. The van der Waals surface area contributed by atoms with Gasteiger partial charge in [0.25, 0.3) is 5.78 Å². The molecule has 0 amide bonds. The molecule has 2 aromatic rings. The Morgan fingerprint density at radius 3 is 3.00 bits per heavy atom. The molecule has 0 aliphatic heterocycles. The van der Waals surface area contributed by atoms with Gasteiger partial charge in [0.1, 0.15) is 17.3 Å². The van der Waals surface area contributed by atoms with Gasteiger partial charge in [-0.1, -0.05) is 24.4 Å². The molecule has 16 heavy (non-hydrogen) atoms. The minimum atomic E-state index is 0.445. The quantitative estimate of drug-likeness (QED) is 0.813. The lowest BCUT2D eigenvalue weighted by atomic mass is 10.2. The third kappa shape index (κ3) is 1.71. The molecule has 0 aromatic carbocycles. The molecular weight excluding hydrogens is 226 g/mol. The van der Waals surface area contributed by atoms with E-state index in [-0.39, 0.29) is 0 Å². The van der Waals surface area contributed by atoms with E-state index in [4.69, 9.17) is 11.6 Å². The van der Waals surface area contributed by atoms with Crippen LogP contribution in [0.25, 0.3) is 5.78 Å². The summed E-state index contributed by atoms with van der Waals surface area (Å²) in [6, 6.07) is 2.31. The zero-order valence-electron chi connectivity index (χ0n) is 8.73. The van der Waals surface area contributed by atoms with Gasteiger partial charge in [-0.15, -0.1) is 0 Å². The third-order valence-corrected chi connectivity index (χ3v) is 3.12. The monoisotopic (exact) mass is 237 g/mol. The SMILES string of the molecule is Clc1cc(NC2CCCC2)n2ncnc2n1. The second-order valence-corrected chi connectivity index (χ2v) is 4.45. The molecule has 0 unspecified atom stereocenters. The van der Waals surface area contributed by atoms with Crippen LogP contribution in [-0.2, 0) is 0 Å². The lowest BCUT2D eigenvalue weighted by molar-refractivity contribution is 0.740. The van der Waals surface area contributed by atoms with Gasteiger partial charge in [0.05, 0.1) is 0 Å². The fourth-order valence-electron chi connectivity index (χ4n) is 2.17. The average molecular weight is 238 g/mol. The van der Waals surface area contributed by atoms with E-state index in [2.05, 4.69) is 20.4 Å². The summed E-state index contributed by atoms with van der Waals surface area (Å²) in [7, 11) is 0. The van der Waals surface area contributed by atoms with E-state index in [0.717, 1.165) is 5.82 Å². The summed E-state index contributed by atoms with van der Waals surface area (Å²) >= 11 is 5.93. The Balaban J connectivity index is 1.97. The normalized spacial score (nSPS) is 17.1. The maximum absolute atomic E-state index is 5.93. The number of hydrogen-bond donors (Lipinski definition) is 1. The topological polar surface area (TPSA) is 55.1 Å². The van der Waals surface area contributed by atoms with Crippen molar-refractivity contribution in [2.45, 2.75) is 31.7 Å². The summed E-state index contributed by atoms with van der Waals surface area (Å²) in [5, 5.41) is 8.02. The van der Waals surface area contributed by atoms with E-state index in [1.807, 2.05) is 0 Å². The fraction of sp³-hybridized carbons (Fsp3) is 0.500. The Morgan fingerprint density at radius 1 is 1.38 bits per heavy atom. The van der Waals surface area contributed by atoms with Crippen molar-refractivity contribution in [3.63, 3.8) is 0 Å². The molecule has 0 atom stereocenters. The van der Waals surface area contributed by atoms with E-state index in [1.54, 1.807) is 10.6 Å². The molecule has 2 aromatic heterocycles. The van der Waals surface area contributed by atoms with Gasteiger partial charge < -0.3 is 5.32 Å². The number of anilines is 1. The zero-order chi connectivity index (χ0) is 11.0. The second-order valence-electron chi connectivity index (χ2n) is 4.06. The Bertz CT molecular complexity index is 503. The number of hydrogen-bond acceptors (Lipinski definition) is 4. The Morgan fingerprint density at radius 2 is 2.19 bits per heavy atom. The predicted octanol–water partition coefficient (Wildman–Crippen LogP) is 2.13. The van der Waals surface area contributed by atoms with Crippen LogP contribution in [0.1, 0.15) is 25.7 Å². The molecule has 84 valence electrons. The van der Waals surface area contributed by atoms with E-state index >= 15 is 0 Å². The van der Waals surface area contributed by atoms with E-state index in [0.29, 0.717) is 17.0 Å². The Labute approximate surface area is 97.8 Å². The van der Waals surface area contributed by atoms with Crippen LogP contribution in [0.2, 0.25) is 5.15 Å². The maximum Gasteiger partial charge on any atom is 0.255 e. The van der Waals surface area contributed by atoms with Gasteiger partial charge >= 0.3 is 0 Å². The Hall–Kier alpha value is -1.36. The molecule has 0 bridgehead atoms. The van der Waals surface area contributed by atoms with Gasteiger partial charge in [-0.3, -0.25) is 0 Å². The fourth-order valence-corrected chi connectivity index (χ4v) is 2.34. The lowest BCUT2D eigenvalue weighted by Crippen LogP contribution is -2.17. The van der Waals surface area contributed by atoms with Crippen molar-refractivity contribution in [3.05, 3.63) is 17.5 Å². The molecule has 0 radical (unpaired) electrons. The number of nitrogens with one attached hydrogen (secondary N) is 1. The smallest absolute Gasteiger partial charge is 0.255 e. The summed E-state index contributed by atoms with van der Waals surface area (Å²) in [4.78, 5) is 8.12. The van der Waals surface area contributed by atoms with Crippen LogP contribution in [0.15, 0.2) is 12.4 Å². The molecule has 2 heterocycles. The first-order valence-corrected chi connectivity index (χ1v) is 5.83. The molecule has 1 aliphatic rings. The van der Waals surface area contributed by atoms with Crippen LogP contribution < -0.4 is 5.32 Å². The van der Waals surface area contributed by atoms with Gasteiger partial charge in [0.15, 0.2) is 0 Å². The van der Waals surface area contributed by atoms with Crippen LogP contribution in [0.3, 0.4) is 0 Å². The first kappa shape index (κ1) is 9.84. The zero-order valence-corrected chi connectivity index (χ0v) is 9.48. The van der Waals surface area contributed by atoms with Crippen LogP contribution in [0, 0.1) is 0 Å². The van der Waals surface area contributed by atoms with Crippen LogP contribution in [0.5, 0.6) is 0 Å². The molecule has 0 saturated heterocycles. The highest BCUT2D eigenvalue weighted by molar-refractivity contribution is 6.29. The lowest BCUT2D eigenvalue weighted by Gasteiger charge is -2.13. The minimum Gasteiger partial charge on any atom is -0.367 e. The first-order valence-electron chi connectivity index (χ1n) is 5.46. The number of nitrogens with zero attached hydrogens (tertiary/aromatic N) is 4. The van der Waals surface area contributed by atoms with E-state index < -0.39 is 0 Å². The minimum absolute atomic E-state index is 0.445. The molecule has 0 spiro atoms. The maximum atomic E-state index is 5.93. The number of fused-ring (bicyclic) bond motifs is 1. The highest BCUT2D eigenvalue weighted by atomic mass is 35.5. The van der Waals surface area contributed by atoms with E-state index in [1.165, 1.54) is 32.0 Å². The number of halogens is 1.